The van der Waals surface area contributed by atoms with E-state index < -0.39 is 41.9 Å². The van der Waals surface area contributed by atoms with E-state index in [9.17, 15) is 24.0 Å². The maximum Gasteiger partial charge on any atom is 0.258 e. The van der Waals surface area contributed by atoms with Crippen molar-refractivity contribution in [2.75, 3.05) is 19.7 Å². The number of hydrogen-bond donors (Lipinski definition) is 4. The van der Waals surface area contributed by atoms with Gasteiger partial charge in [0, 0.05) is 24.5 Å². The van der Waals surface area contributed by atoms with E-state index in [1.807, 2.05) is 32.0 Å². The van der Waals surface area contributed by atoms with Crippen LogP contribution in [0, 0.1) is 5.92 Å². The van der Waals surface area contributed by atoms with Gasteiger partial charge < -0.3 is 30.9 Å². The summed E-state index contributed by atoms with van der Waals surface area (Å²) in [6.07, 6.45) is 1.77. The molecule has 0 unspecified atom stereocenters. The summed E-state index contributed by atoms with van der Waals surface area (Å²) >= 11 is 6.07. The Morgan fingerprint density at radius 1 is 1.05 bits per heavy atom. The van der Waals surface area contributed by atoms with Crippen molar-refractivity contribution < 1.29 is 28.7 Å². The van der Waals surface area contributed by atoms with E-state index in [1.54, 1.807) is 30.3 Å². The molecule has 44 heavy (non-hydrogen) atoms. The lowest BCUT2D eigenvalue weighted by molar-refractivity contribution is -0.143. The molecule has 2 aromatic carbocycles. The number of rotatable bonds is 5. The Morgan fingerprint density at radius 2 is 1.80 bits per heavy atom. The summed E-state index contributed by atoms with van der Waals surface area (Å²) in [6, 6.07) is 10.7. The van der Waals surface area contributed by atoms with Gasteiger partial charge in [-0.05, 0) is 67.5 Å². The molecule has 1 saturated heterocycles. The van der Waals surface area contributed by atoms with Gasteiger partial charge in [-0.3, -0.25) is 24.0 Å². The summed E-state index contributed by atoms with van der Waals surface area (Å²) in [4.78, 5) is 67.6. The number of benzene rings is 2. The molecule has 5 rings (SSSR count). The average Bonchev–Trinajstić information content (AvgIpc) is 3.48. The van der Waals surface area contributed by atoms with Crippen molar-refractivity contribution in [1.82, 2.24) is 26.2 Å². The number of carbonyl (C=O) groups is 5. The highest BCUT2D eigenvalue weighted by atomic mass is 35.5. The number of nitrogens with zero attached hydrogens (tertiary/aromatic N) is 1. The van der Waals surface area contributed by atoms with Crippen LogP contribution in [0.1, 0.15) is 44.7 Å². The number of amides is 5. The van der Waals surface area contributed by atoms with Gasteiger partial charge in [-0.25, -0.2) is 0 Å². The molecule has 0 saturated carbocycles. The van der Waals surface area contributed by atoms with E-state index in [0.717, 1.165) is 11.1 Å². The van der Waals surface area contributed by atoms with E-state index >= 15 is 0 Å². The number of carbonyl (C=O) groups excluding carboxylic acids is 5. The fourth-order valence-electron chi connectivity index (χ4n) is 5.34. The highest BCUT2D eigenvalue weighted by Crippen LogP contribution is 2.21. The fourth-order valence-corrected chi connectivity index (χ4v) is 5.56. The van der Waals surface area contributed by atoms with Crippen molar-refractivity contribution in [2.45, 2.75) is 70.6 Å². The van der Waals surface area contributed by atoms with E-state index in [4.69, 9.17) is 16.3 Å². The minimum atomic E-state index is -0.972. The molecule has 3 aliphatic heterocycles. The number of ether oxygens (including phenoxy) is 1. The minimum Gasteiger partial charge on any atom is -0.484 e. The van der Waals surface area contributed by atoms with Gasteiger partial charge >= 0.3 is 0 Å². The van der Waals surface area contributed by atoms with Crippen LogP contribution in [0.4, 0.5) is 0 Å². The lowest BCUT2D eigenvalue weighted by atomic mass is 10.0. The van der Waals surface area contributed by atoms with Crippen molar-refractivity contribution in [3.05, 3.63) is 64.7 Å². The second-order valence-corrected chi connectivity index (χ2v) is 12.0. The van der Waals surface area contributed by atoms with Crippen LogP contribution in [0.25, 0.3) is 0 Å². The number of nitrogens with one attached hydrogen (secondary N) is 4. The van der Waals surface area contributed by atoms with Crippen LogP contribution in [0.5, 0.6) is 5.75 Å². The Balaban J connectivity index is 1.53. The molecule has 4 atom stereocenters. The van der Waals surface area contributed by atoms with E-state index in [1.165, 1.54) is 11.8 Å². The van der Waals surface area contributed by atoms with Gasteiger partial charge in [0.1, 0.15) is 29.9 Å². The predicted octanol–water partition coefficient (Wildman–Crippen LogP) is 1.76. The van der Waals surface area contributed by atoms with Crippen LogP contribution >= 0.6 is 11.6 Å². The summed E-state index contributed by atoms with van der Waals surface area (Å²) in [5, 5.41) is 11.8. The predicted molar refractivity (Wildman–Crippen MR) is 165 cm³/mol. The molecule has 4 N–H and O–H groups in total. The van der Waals surface area contributed by atoms with Gasteiger partial charge in [0.2, 0.25) is 23.6 Å². The number of halogens is 1. The Morgan fingerprint density at radius 3 is 2.50 bits per heavy atom. The quantitative estimate of drug-likeness (QED) is 0.398. The summed E-state index contributed by atoms with van der Waals surface area (Å²) in [5.41, 5.74) is 1.71. The van der Waals surface area contributed by atoms with Gasteiger partial charge in [0.05, 0.1) is 0 Å². The van der Waals surface area contributed by atoms with Crippen LogP contribution < -0.4 is 26.0 Å². The van der Waals surface area contributed by atoms with Crippen molar-refractivity contribution in [3.63, 3.8) is 0 Å². The largest absolute Gasteiger partial charge is 0.484 e. The van der Waals surface area contributed by atoms with Crippen LogP contribution in [-0.4, -0.2) is 78.3 Å². The standard InChI is InChI=1S/C32H40ClN5O6/c1-19(2)28-32(43)38-15-5-8-26(38)31(42)35-20(3)29(40)36-25(30(41)34-14-13-21-6-4-7-23(33)16-21)17-22-9-11-24(12-10-22)44-18-27(39)37-28/h4,6-7,9-12,16,19-20,25-26,28H,5,8,13-15,17-18H2,1-3H3,(H,34,41)(H,35,42)(H,36,40)(H,37,39)/t20-,25-,26+,28-/m0/s1. The van der Waals surface area contributed by atoms with Crippen LogP contribution in [0.3, 0.4) is 0 Å². The van der Waals surface area contributed by atoms with Crippen LogP contribution in [0.2, 0.25) is 5.02 Å². The van der Waals surface area contributed by atoms with Gasteiger partial charge in [-0.1, -0.05) is 49.7 Å². The van der Waals surface area contributed by atoms with Crippen molar-refractivity contribution in [3.8, 4) is 5.75 Å². The van der Waals surface area contributed by atoms with Crippen molar-refractivity contribution >= 4 is 41.1 Å². The molecule has 1 fully saturated rings. The highest BCUT2D eigenvalue weighted by molar-refractivity contribution is 6.30. The van der Waals surface area contributed by atoms with Crippen molar-refractivity contribution in [2.24, 2.45) is 5.92 Å². The first-order valence-electron chi connectivity index (χ1n) is 15.0. The third-order valence-corrected chi connectivity index (χ3v) is 8.04. The molecule has 0 radical (unpaired) electrons. The van der Waals surface area contributed by atoms with Gasteiger partial charge in [-0.15, -0.1) is 0 Å². The molecule has 3 heterocycles. The zero-order valence-corrected chi connectivity index (χ0v) is 26.0. The molecule has 11 nitrogen and oxygen atoms in total. The summed E-state index contributed by atoms with van der Waals surface area (Å²) < 4.78 is 5.65. The highest BCUT2D eigenvalue weighted by Gasteiger charge is 2.39. The number of fused-ring (bicyclic) bond motifs is 13. The van der Waals surface area contributed by atoms with Crippen LogP contribution in [0.15, 0.2) is 48.5 Å². The Bertz CT molecular complexity index is 1370. The summed E-state index contributed by atoms with van der Waals surface area (Å²) in [7, 11) is 0. The third kappa shape index (κ3) is 8.72. The first-order valence-corrected chi connectivity index (χ1v) is 15.3. The van der Waals surface area contributed by atoms with Gasteiger partial charge in [0.15, 0.2) is 6.61 Å². The zero-order valence-electron chi connectivity index (χ0n) is 25.2. The summed E-state index contributed by atoms with van der Waals surface area (Å²) in [5.74, 6) is -2.00. The van der Waals surface area contributed by atoms with E-state index in [0.29, 0.717) is 43.1 Å². The van der Waals surface area contributed by atoms with Crippen molar-refractivity contribution in [1.29, 1.82) is 0 Å². The summed E-state index contributed by atoms with van der Waals surface area (Å²) in [6.45, 7) is 5.56. The Labute approximate surface area is 262 Å². The Kier molecular flexibility index (Phi) is 11.2. The van der Waals surface area contributed by atoms with E-state index in [2.05, 4.69) is 21.3 Å². The molecular formula is C32H40ClN5O6. The molecule has 2 aromatic rings. The Hall–Kier alpha value is -4.12. The topological polar surface area (TPSA) is 146 Å². The minimum absolute atomic E-state index is 0.178. The average molecular weight is 626 g/mol. The monoisotopic (exact) mass is 625 g/mol. The number of hydrogen-bond acceptors (Lipinski definition) is 6. The first kappa shape index (κ1) is 32.8. The maximum atomic E-state index is 13.5. The first-order chi connectivity index (χ1) is 21.0. The van der Waals surface area contributed by atoms with Gasteiger partial charge in [-0.2, -0.15) is 0 Å². The smallest absolute Gasteiger partial charge is 0.258 e. The van der Waals surface area contributed by atoms with Gasteiger partial charge in [0.25, 0.3) is 5.91 Å². The van der Waals surface area contributed by atoms with E-state index in [-0.39, 0.29) is 30.8 Å². The molecule has 0 spiro atoms. The lowest BCUT2D eigenvalue weighted by Crippen LogP contribution is -2.58. The molecule has 0 aromatic heterocycles. The molecular weight excluding hydrogens is 586 g/mol. The molecule has 2 bridgehead atoms. The molecule has 0 aliphatic carbocycles. The van der Waals surface area contributed by atoms with Crippen LogP contribution in [-0.2, 0) is 36.8 Å². The fraction of sp³-hybridized carbons (Fsp3) is 0.469. The molecule has 3 aliphatic rings. The SMILES string of the molecule is CC(C)[C@@H]1NC(=O)COc2ccc(cc2)C[C@@H](C(=O)NCCc2cccc(Cl)c2)NC(=O)[C@H](C)NC(=O)[C@H]2CCCN2C1=O. The second kappa shape index (κ2) is 15.1. The molecule has 12 heteroatoms. The maximum absolute atomic E-state index is 13.5. The molecule has 5 amide bonds. The third-order valence-electron chi connectivity index (χ3n) is 7.81. The zero-order chi connectivity index (χ0) is 31.8. The normalized spacial score (nSPS) is 23.4. The second-order valence-electron chi connectivity index (χ2n) is 11.6. The lowest BCUT2D eigenvalue weighted by Gasteiger charge is -2.31. The molecule has 236 valence electrons.